The molecular formula is C28H31N3O4. The number of methoxy groups -OCH3 is 1. The van der Waals surface area contributed by atoms with Gasteiger partial charge in [0.2, 0.25) is 5.43 Å². The molecule has 35 heavy (non-hydrogen) atoms. The summed E-state index contributed by atoms with van der Waals surface area (Å²) in [7, 11) is 1.65. The fraction of sp³-hybridized carbons (Fsp3) is 0.357. The molecule has 3 aromatic rings. The van der Waals surface area contributed by atoms with Gasteiger partial charge in [0.05, 0.1) is 6.04 Å². The van der Waals surface area contributed by atoms with Crippen LogP contribution in [-0.4, -0.2) is 46.5 Å². The van der Waals surface area contributed by atoms with E-state index < -0.39 is 11.2 Å². The van der Waals surface area contributed by atoms with Crippen LogP contribution in [0.1, 0.15) is 59.1 Å². The number of carbonyl (C=O) groups is 1. The average Bonchev–Trinajstić information content (AvgIpc) is 3.01. The summed E-state index contributed by atoms with van der Waals surface area (Å²) in [6, 6.07) is 17.8. The van der Waals surface area contributed by atoms with E-state index in [2.05, 4.69) is 41.4 Å². The first kappa shape index (κ1) is 23.2. The van der Waals surface area contributed by atoms with Crippen molar-refractivity contribution in [1.29, 1.82) is 0 Å². The van der Waals surface area contributed by atoms with Gasteiger partial charge in [0.1, 0.15) is 6.17 Å². The molecule has 0 spiro atoms. The number of ether oxygens (including phenoxy) is 1. The van der Waals surface area contributed by atoms with Crippen LogP contribution in [-0.2, 0) is 17.6 Å². The maximum absolute atomic E-state index is 13.7. The Morgan fingerprint density at radius 2 is 1.57 bits per heavy atom. The Morgan fingerprint density at radius 3 is 2.14 bits per heavy atom. The summed E-state index contributed by atoms with van der Waals surface area (Å²) in [6.45, 7) is 4.37. The highest BCUT2D eigenvalue weighted by Gasteiger charge is 2.45. The normalized spacial score (nSPS) is 17.7. The third-order valence-electron chi connectivity index (χ3n) is 7.13. The molecule has 0 saturated carbocycles. The van der Waals surface area contributed by atoms with Crippen LogP contribution < -0.4 is 10.4 Å². The Hall–Kier alpha value is -3.58. The van der Waals surface area contributed by atoms with Gasteiger partial charge in [-0.3, -0.25) is 19.3 Å². The number of fused-ring (bicyclic) bond motifs is 3. The number of carbonyl (C=O) groups excluding carboxylic acids is 1. The summed E-state index contributed by atoms with van der Waals surface area (Å²) in [4.78, 5) is 27.9. The topological polar surface area (TPSA) is 75.0 Å². The van der Waals surface area contributed by atoms with Gasteiger partial charge in [-0.05, 0) is 48.9 Å². The number of hydrogen-bond acceptors (Lipinski definition) is 5. The van der Waals surface area contributed by atoms with Crippen molar-refractivity contribution < 1.29 is 14.6 Å². The van der Waals surface area contributed by atoms with Gasteiger partial charge in [-0.25, -0.2) is 0 Å². The maximum atomic E-state index is 13.7. The van der Waals surface area contributed by atoms with Crippen LogP contribution in [0.2, 0.25) is 0 Å². The smallest absolute Gasteiger partial charge is 0.278 e. The summed E-state index contributed by atoms with van der Waals surface area (Å²) in [6.07, 6.45) is 3.64. The van der Waals surface area contributed by atoms with Crippen LogP contribution >= 0.6 is 0 Å². The molecule has 1 amide bonds. The van der Waals surface area contributed by atoms with Crippen LogP contribution in [0.15, 0.2) is 65.6 Å². The minimum Gasteiger partial charge on any atom is -0.502 e. The quantitative estimate of drug-likeness (QED) is 0.613. The summed E-state index contributed by atoms with van der Waals surface area (Å²) in [5, 5.41) is 13.0. The summed E-state index contributed by atoms with van der Waals surface area (Å²) >= 11 is 0. The van der Waals surface area contributed by atoms with Crippen molar-refractivity contribution in [1.82, 2.24) is 9.58 Å². The number of hydrogen-bond donors (Lipinski definition) is 1. The minimum atomic E-state index is -0.565. The van der Waals surface area contributed by atoms with E-state index in [9.17, 15) is 14.7 Å². The lowest BCUT2D eigenvalue weighted by Crippen LogP contribution is -2.64. The van der Waals surface area contributed by atoms with Crippen molar-refractivity contribution in [3.05, 3.63) is 99.0 Å². The molecule has 0 saturated heterocycles. The van der Waals surface area contributed by atoms with E-state index in [-0.39, 0.29) is 29.9 Å². The lowest BCUT2D eigenvalue weighted by atomic mass is 9.93. The monoisotopic (exact) mass is 473 g/mol. The highest BCUT2D eigenvalue weighted by atomic mass is 16.5. The van der Waals surface area contributed by atoms with E-state index in [0.29, 0.717) is 13.0 Å². The molecule has 2 aliphatic rings. The zero-order valence-corrected chi connectivity index (χ0v) is 20.3. The van der Waals surface area contributed by atoms with Crippen LogP contribution in [0.4, 0.5) is 0 Å². The molecular weight excluding hydrogens is 442 g/mol. The van der Waals surface area contributed by atoms with Gasteiger partial charge in [0.15, 0.2) is 11.4 Å². The highest BCUT2D eigenvalue weighted by Crippen LogP contribution is 2.40. The molecule has 1 N–H and O–H groups in total. The Morgan fingerprint density at radius 1 is 0.971 bits per heavy atom. The lowest BCUT2D eigenvalue weighted by Gasteiger charge is -2.51. The predicted octanol–water partition coefficient (Wildman–Crippen LogP) is 3.61. The molecule has 1 aliphatic carbocycles. The summed E-state index contributed by atoms with van der Waals surface area (Å²) in [5.41, 5.74) is 4.24. The zero-order chi connectivity index (χ0) is 24.7. The van der Waals surface area contributed by atoms with Crippen molar-refractivity contribution in [3.8, 4) is 5.75 Å². The van der Waals surface area contributed by atoms with Crippen molar-refractivity contribution in [2.45, 2.75) is 51.4 Å². The third kappa shape index (κ3) is 3.80. The number of aryl methyl sites for hydroxylation is 2. The van der Waals surface area contributed by atoms with Crippen LogP contribution in [0, 0.1) is 0 Å². The van der Waals surface area contributed by atoms with Crippen LogP contribution in [0.5, 0.6) is 5.75 Å². The van der Waals surface area contributed by atoms with Crippen molar-refractivity contribution in [2.75, 3.05) is 18.7 Å². The fourth-order valence-corrected chi connectivity index (χ4v) is 5.59. The molecule has 7 nitrogen and oxygen atoms in total. The second-order valence-corrected chi connectivity index (χ2v) is 9.47. The van der Waals surface area contributed by atoms with Gasteiger partial charge in [-0.15, -0.1) is 0 Å². The minimum absolute atomic E-state index is 0.000856. The maximum Gasteiger partial charge on any atom is 0.278 e. The van der Waals surface area contributed by atoms with Crippen molar-refractivity contribution in [2.24, 2.45) is 0 Å². The first-order valence-electron chi connectivity index (χ1n) is 12.1. The largest absolute Gasteiger partial charge is 0.502 e. The standard InChI is InChI=1S/C28H31N3O4/c1-18(2)30-24(15-17-35-3)31(29-16-14-23(32)27(33)26(29)28(30)34)25-21-10-6-4-8-19(21)12-13-20-9-5-7-11-22(20)25/h4-11,14,16,18,24-25,33H,12-13,15,17H2,1-3H3. The number of aromatic hydroxyl groups is 1. The molecule has 0 fully saturated rings. The number of amides is 1. The van der Waals surface area contributed by atoms with Gasteiger partial charge in [-0.2, -0.15) is 0 Å². The lowest BCUT2D eigenvalue weighted by molar-refractivity contribution is 0.0391. The molecule has 5 rings (SSSR count). The number of nitrogens with zero attached hydrogens (tertiary/aromatic N) is 3. The van der Waals surface area contributed by atoms with E-state index in [1.165, 1.54) is 17.2 Å². The molecule has 1 aliphatic heterocycles. The van der Waals surface area contributed by atoms with E-state index >= 15 is 0 Å². The average molecular weight is 474 g/mol. The van der Waals surface area contributed by atoms with Crippen LogP contribution in [0.25, 0.3) is 0 Å². The summed E-state index contributed by atoms with van der Waals surface area (Å²) < 4.78 is 7.16. The fourth-order valence-electron chi connectivity index (χ4n) is 5.59. The van der Waals surface area contributed by atoms with E-state index in [4.69, 9.17) is 4.74 Å². The Balaban J connectivity index is 1.83. The van der Waals surface area contributed by atoms with Crippen molar-refractivity contribution in [3.63, 3.8) is 0 Å². The Kier molecular flexibility index (Phi) is 6.11. The van der Waals surface area contributed by atoms with Gasteiger partial charge in [0, 0.05) is 38.4 Å². The van der Waals surface area contributed by atoms with Gasteiger partial charge in [-0.1, -0.05) is 48.5 Å². The van der Waals surface area contributed by atoms with Gasteiger partial charge < -0.3 is 14.7 Å². The predicted molar refractivity (Wildman–Crippen MR) is 134 cm³/mol. The molecule has 2 aromatic carbocycles. The van der Waals surface area contributed by atoms with E-state index in [1.807, 2.05) is 26.0 Å². The SMILES string of the molecule is COCCC1N(C(C)C)C(=O)c2c(O)c(=O)ccn2N1C1c2ccccc2CCc2ccccc21. The van der Waals surface area contributed by atoms with Crippen molar-refractivity contribution >= 4 is 5.91 Å². The Labute approximate surface area is 205 Å². The number of aromatic nitrogens is 1. The second-order valence-electron chi connectivity index (χ2n) is 9.47. The number of benzene rings is 2. The third-order valence-corrected chi connectivity index (χ3v) is 7.13. The zero-order valence-electron chi connectivity index (χ0n) is 20.3. The highest BCUT2D eigenvalue weighted by molar-refractivity contribution is 5.96. The molecule has 1 unspecified atom stereocenters. The van der Waals surface area contributed by atoms with Crippen LogP contribution in [0.3, 0.4) is 0 Å². The number of rotatable bonds is 5. The van der Waals surface area contributed by atoms with Gasteiger partial charge in [0.25, 0.3) is 5.91 Å². The molecule has 0 bridgehead atoms. The van der Waals surface area contributed by atoms with E-state index in [0.717, 1.165) is 24.0 Å². The molecule has 1 atom stereocenters. The molecule has 1 aromatic heterocycles. The second kappa shape index (κ2) is 9.23. The summed E-state index contributed by atoms with van der Waals surface area (Å²) in [5.74, 6) is -0.878. The van der Waals surface area contributed by atoms with E-state index in [1.54, 1.807) is 22.9 Å². The Bertz CT molecular complexity index is 1270. The molecule has 7 heteroatoms. The molecule has 2 heterocycles. The molecule has 182 valence electrons. The first-order valence-corrected chi connectivity index (χ1v) is 12.1. The number of pyridine rings is 1. The first-order chi connectivity index (χ1) is 16.9. The molecule has 0 radical (unpaired) electrons. The van der Waals surface area contributed by atoms with Gasteiger partial charge >= 0.3 is 0 Å².